The molecule has 2 aliphatic heterocycles. The van der Waals surface area contributed by atoms with E-state index >= 15 is 0 Å². The minimum absolute atomic E-state index is 0.0534. The number of hydrogen-bond donors (Lipinski definition) is 1. The van der Waals surface area contributed by atoms with Crippen LogP contribution in [0, 0.1) is 0 Å². The molecule has 3 fully saturated rings. The second-order valence-corrected chi connectivity index (χ2v) is 11.7. The number of benzene rings is 1. The van der Waals surface area contributed by atoms with Crippen LogP contribution in [0.1, 0.15) is 61.7 Å². The van der Waals surface area contributed by atoms with E-state index in [9.17, 15) is 13.2 Å². The molecule has 0 radical (unpaired) electrons. The first kappa shape index (κ1) is 23.7. The van der Waals surface area contributed by atoms with Crippen molar-refractivity contribution in [2.75, 3.05) is 52.9 Å². The molecular formula is C24H38N4O3S. The van der Waals surface area contributed by atoms with Gasteiger partial charge in [-0.05, 0) is 64.0 Å². The van der Waals surface area contributed by atoms with Crippen LogP contribution in [0.5, 0.6) is 0 Å². The molecule has 2 heterocycles. The van der Waals surface area contributed by atoms with Crippen molar-refractivity contribution in [1.29, 1.82) is 0 Å². The molecule has 1 aromatic carbocycles. The molecule has 178 valence electrons. The van der Waals surface area contributed by atoms with Gasteiger partial charge >= 0.3 is 0 Å². The summed E-state index contributed by atoms with van der Waals surface area (Å²) >= 11 is 0. The summed E-state index contributed by atoms with van der Waals surface area (Å²) in [5.41, 5.74) is 0.475. The molecule has 0 aromatic heterocycles. The van der Waals surface area contributed by atoms with E-state index in [0.717, 1.165) is 39.0 Å². The fraction of sp³-hybridized carbons (Fsp3) is 0.708. The van der Waals surface area contributed by atoms with Crippen LogP contribution in [0.2, 0.25) is 0 Å². The summed E-state index contributed by atoms with van der Waals surface area (Å²) in [6.07, 6.45) is 9.74. The van der Waals surface area contributed by atoms with Crippen molar-refractivity contribution < 1.29 is 13.2 Å². The maximum atomic E-state index is 13.1. The van der Waals surface area contributed by atoms with Crippen LogP contribution in [0.4, 0.5) is 0 Å². The summed E-state index contributed by atoms with van der Waals surface area (Å²) in [6, 6.07) is 6.53. The monoisotopic (exact) mass is 462 g/mol. The molecule has 32 heavy (non-hydrogen) atoms. The number of likely N-dealkylation sites (tertiary alicyclic amines) is 1. The molecule has 1 aromatic rings. The van der Waals surface area contributed by atoms with Gasteiger partial charge in [-0.3, -0.25) is 9.69 Å². The number of sulfonamides is 1. The number of hydrogen-bond acceptors (Lipinski definition) is 5. The molecule has 8 heteroatoms. The minimum atomic E-state index is -3.59. The third kappa shape index (κ3) is 5.19. The van der Waals surface area contributed by atoms with Gasteiger partial charge in [0, 0.05) is 43.8 Å². The van der Waals surface area contributed by atoms with Gasteiger partial charge in [0.25, 0.3) is 5.91 Å². The molecule has 0 bridgehead atoms. The summed E-state index contributed by atoms with van der Waals surface area (Å²) in [4.78, 5) is 18.0. The van der Waals surface area contributed by atoms with E-state index in [2.05, 4.69) is 15.1 Å². The Kier molecular flexibility index (Phi) is 7.54. The summed E-state index contributed by atoms with van der Waals surface area (Å²) < 4.78 is 27.7. The molecule has 0 spiro atoms. The van der Waals surface area contributed by atoms with Gasteiger partial charge in [-0.15, -0.1) is 0 Å². The van der Waals surface area contributed by atoms with Gasteiger partial charge in [-0.1, -0.05) is 31.7 Å². The van der Waals surface area contributed by atoms with Gasteiger partial charge in [0.15, 0.2) is 0 Å². The van der Waals surface area contributed by atoms with Crippen LogP contribution < -0.4 is 5.32 Å². The molecule has 1 saturated carbocycles. The quantitative estimate of drug-likeness (QED) is 0.703. The van der Waals surface area contributed by atoms with Crippen LogP contribution in [-0.4, -0.2) is 86.8 Å². The smallest absolute Gasteiger partial charge is 0.251 e. The third-order valence-corrected chi connectivity index (χ3v) is 9.48. The predicted molar refractivity (Wildman–Crippen MR) is 126 cm³/mol. The molecule has 4 rings (SSSR count). The number of carbonyl (C=O) groups excluding carboxylic acids is 1. The molecule has 3 aliphatic rings. The van der Waals surface area contributed by atoms with Crippen molar-refractivity contribution in [2.24, 2.45) is 0 Å². The Morgan fingerprint density at radius 2 is 1.59 bits per heavy atom. The van der Waals surface area contributed by atoms with Crippen molar-refractivity contribution in [3.63, 3.8) is 0 Å². The second-order valence-electron chi connectivity index (χ2n) is 9.75. The Morgan fingerprint density at radius 3 is 2.28 bits per heavy atom. The molecular weight excluding hydrogens is 424 g/mol. The lowest BCUT2D eigenvalue weighted by atomic mass is 9.79. The van der Waals surface area contributed by atoms with Crippen molar-refractivity contribution in [2.45, 2.75) is 61.8 Å². The summed E-state index contributed by atoms with van der Waals surface area (Å²) in [7, 11) is -1.59. The zero-order chi connectivity index (χ0) is 22.6. The molecule has 2 saturated heterocycles. The largest absolute Gasteiger partial charge is 0.350 e. The minimum Gasteiger partial charge on any atom is -0.350 e. The van der Waals surface area contributed by atoms with Gasteiger partial charge in [-0.2, -0.15) is 4.31 Å². The van der Waals surface area contributed by atoms with Crippen LogP contribution in [0.3, 0.4) is 0 Å². The number of carbonyl (C=O) groups is 1. The van der Waals surface area contributed by atoms with Crippen LogP contribution in [0.25, 0.3) is 0 Å². The fourth-order valence-corrected chi connectivity index (χ4v) is 6.97. The van der Waals surface area contributed by atoms with E-state index in [-0.39, 0.29) is 16.3 Å². The molecule has 1 amide bonds. The van der Waals surface area contributed by atoms with Crippen molar-refractivity contribution in [1.82, 2.24) is 19.4 Å². The summed E-state index contributed by atoms with van der Waals surface area (Å²) in [5.74, 6) is -0.178. The molecule has 7 nitrogen and oxygen atoms in total. The maximum absolute atomic E-state index is 13.1. The lowest BCUT2D eigenvalue weighted by molar-refractivity contribution is 0.0326. The Bertz CT molecular complexity index is 884. The number of amides is 1. The normalized spacial score (nSPS) is 23.7. The number of likely N-dealkylation sites (N-methyl/N-ethyl adjacent to an activating group) is 1. The summed E-state index contributed by atoms with van der Waals surface area (Å²) in [5, 5.41) is 3.18. The average molecular weight is 463 g/mol. The van der Waals surface area contributed by atoms with Crippen LogP contribution >= 0.6 is 0 Å². The Labute approximate surface area is 193 Å². The highest BCUT2D eigenvalue weighted by atomic mass is 32.2. The highest BCUT2D eigenvalue weighted by Gasteiger charge is 2.38. The zero-order valence-corrected chi connectivity index (χ0v) is 20.2. The SMILES string of the molecule is CN1CCN(S(=O)(=O)c2cccc(C(=O)NCC3(N4CCCCC4)CCCCC3)c2)CC1. The zero-order valence-electron chi connectivity index (χ0n) is 19.4. The lowest BCUT2D eigenvalue weighted by Gasteiger charge is -2.48. The lowest BCUT2D eigenvalue weighted by Crippen LogP contribution is -2.58. The van der Waals surface area contributed by atoms with Gasteiger partial charge in [0.1, 0.15) is 0 Å². The highest BCUT2D eigenvalue weighted by molar-refractivity contribution is 7.89. The van der Waals surface area contributed by atoms with Gasteiger partial charge < -0.3 is 10.2 Å². The number of piperidine rings is 1. The van der Waals surface area contributed by atoms with Gasteiger partial charge in [0.05, 0.1) is 4.90 Å². The van der Waals surface area contributed by atoms with Crippen LogP contribution in [0.15, 0.2) is 29.2 Å². The fourth-order valence-electron chi connectivity index (χ4n) is 5.51. The average Bonchev–Trinajstić information content (AvgIpc) is 2.84. The van der Waals surface area contributed by atoms with E-state index in [4.69, 9.17) is 0 Å². The number of nitrogens with one attached hydrogen (secondary N) is 1. The Hall–Kier alpha value is -1.48. The Morgan fingerprint density at radius 1 is 0.938 bits per heavy atom. The molecule has 1 N–H and O–H groups in total. The highest BCUT2D eigenvalue weighted by Crippen LogP contribution is 2.35. The first-order valence-electron chi connectivity index (χ1n) is 12.2. The third-order valence-electron chi connectivity index (χ3n) is 7.59. The van der Waals surface area contributed by atoms with E-state index in [1.54, 1.807) is 18.2 Å². The molecule has 0 atom stereocenters. The van der Waals surface area contributed by atoms with Crippen molar-refractivity contribution >= 4 is 15.9 Å². The molecule has 1 aliphatic carbocycles. The second kappa shape index (κ2) is 10.2. The maximum Gasteiger partial charge on any atom is 0.251 e. The van der Waals surface area contributed by atoms with Crippen molar-refractivity contribution in [3.8, 4) is 0 Å². The predicted octanol–water partition coefficient (Wildman–Crippen LogP) is 2.54. The van der Waals surface area contributed by atoms with Gasteiger partial charge in [-0.25, -0.2) is 8.42 Å². The standard InChI is InChI=1S/C24H38N4O3S/c1-26-15-17-28(18-16-26)32(30,31)22-10-8-9-21(19-22)23(29)25-20-24(11-4-2-5-12-24)27-13-6-3-7-14-27/h8-10,19H,2-7,11-18,20H2,1H3,(H,25,29). The van der Waals surface area contributed by atoms with E-state index < -0.39 is 10.0 Å². The number of rotatable bonds is 6. The van der Waals surface area contributed by atoms with Gasteiger partial charge in [0.2, 0.25) is 10.0 Å². The Balaban J connectivity index is 1.45. The first-order valence-corrected chi connectivity index (χ1v) is 13.7. The summed E-state index contributed by atoms with van der Waals surface area (Å²) in [6.45, 7) is 5.28. The topological polar surface area (TPSA) is 73.0 Å². The van der Waals surface area contributed by atoms with E-state index in [1.807, 2.05) is 7.05 Å². The number of piperazine rings is 1. The molecule has 0 unspecified atom stereocenters. The van der Waals surface area contributed by atoms with Crippen molar-refractivity contribution in [3.05, 3.63) is 29.8 Å². The van der Waals surface area contributed by atoms with E-state index in [0.29, 0.717) is 25.2 Å². The van der Waals surface area contributed by atoms with E-state index in [1.165, 1.54) is 48.9 Å². The van der Waals surface area contributed by atoms with Crippen LogP contribution in [-0.2, 0) is 10.0 Å². The first-order chi connectivity index (χ1) is 15.4. The number of nitrogens with zero attached hydrogens (tertiary/aromatic N) is 3.